The Morgan fingerprint density at radius 1 is 1.00 bits per heavy atom. The average Bonchev–Trinajstić information content (AvgIpc) is 1.69. The average molecular weight is 212 g/mol. The van der Waals surface area contributed by atoms with Gasteiger partial charge in [0.25, 0.3) is 0 Å². The van der Waals surface area contributed by atoms with E-state index in [1.54, 1.807) is 21.7 Å². The van der Waals surface area contributed by atoms with Gasteiger partial charge in [0.1, 0.15) is 0 Å². The molecular formula is C6H13I. The van der Waals surface area contributed by atoms with E-state index in [0.717, 1.165) is 0 Å². The molecular weight excluding hydrogens is 199 g/mol. The molecule has 1 heterocycles. The third-order valence-electron chi connectivity index (χ3n) is 1.41. The molecule has 0 N–H and O–H groups in total. The summed E-state index contributed by atoms with van der Waals surface area (Å²) in [5.74, 6) is 0. The van der Waals surface area contributed by atoms with Crippen LogP contribution in [0.4, 0.5) is 0 Å². The van der Waals surface area contributed by atoms with E-state index in [0.29, 0.717) is 0 Å². The molecule has 0 aromatic heterocycles. The van der Waals surface area contributed by atoms with Crippen LogP contribution in [0.2, 0.25) is 0 Å². The van der Waals surface area contributed by atoms with Crippen molar-refractivity contribution in [2.45, 2.75) is 19.3 Å². The monoisotopic (exact) mass is 212 g/mol. The third kappa shape index (κ3) is 1.98. The molecule has 1 heteroatoms. The summed E-state index contributed by atoms with van der Waals surface area (Å²) in [7, 11) is 0. The van der Waals surface area contributed by atoms with E-state index >= 15 is 0 Å². The van der Waals surface area contributed by atoms with Crippen LogP contribution in [0.25, 0.3) is 0 Å². The molecule has 0 unspecified atom stereocenters. The Hall–Kier alpha value is 0.730. The van der Waals surface area contributed by atoms with Crippen molar-refractivity contribution in [3.8, 4) is 0 Å². The van der Waals surface area contributed by atoms with Gasteiger partial charge < -0.3 is 0 Å². The molecule has 0 aromatic carbocycles. The molecule has 7 heavy (non-hydrogen) atoms. The van der Waals surface area contributed by atoms with Crippen LogP contribution in [-0.2, 0) is 0 Å². The molecule has 0 nitrogen and oxygen atoms in total. The van der Waals surface area contributed by atoms with Crippen molar-refractivity contribution >= 4 is 19.8 Å². The van der Waals surface area contributed by atoms with E-state index in [1.165, 1.54) is 6.42 Å². The molecule has 0 aromatic rings. The normalized spacial score (nSPS) is 27.9. The van der Waals surface area contributed by atoms with E-state index in [-0.39, 0.29) is 19.8 Å². The number of halogens is 1. The summed E-state index contributed by atoms with van der Waals surface area (Å²) in [6, 6.07) is 0. The van der Waals surface area contributed by atoms with Gasteiger partial charge in [0.05, 0.1) is 0 Å². The standard InChI is InChI=1S/C6H13I/c1-7-5-3-2-4-6-7/h2-6H2,1H3. The Labute approximate surface area is 53.1 Å². The molecule has 0 bridgehead atoms. The molecule has 0 radical (unpaired) electrons. The molecule has 1 saturated heterocycles. The van der Waals surface area contributed by atoms with Gasteiger partial charge >= 0.3 is 52.9 Å². The molecule has 0 atom stereocenters. The Kier molecular flexibility index (Phi) is 2.43. The van der Waals surface area contributed by atoms with Gasteiger partial charge in [-0.2, -0.15) is 0 Å². The van der Waals surface area contributed by atoms with E-state index < -0.39 is 0 Å². The van der Waals surface area contributed by atoms with Crippen LogP contribution in [0.5, 0.6) is 0 Å². The van der Waals surface area contributed by atoms with Gasteiger partial charge in [0.2, 0.25) is 0 Å². The molecule has 1 fully saturated rings. The SMILES string of the molecule is CI1CCCCC1. The van der Waals surface area contributed by atoms with E-state index in [2.05, 4.69) is 4.93 Å². The zero-order valence-electron chi connectivity index (χ0n) is 4.91. The predicted molar refractivity (Wildman–Crippen MR) is 43.5 cm³/mol. The summed E-state index contributed by atoms with van der Waals surface area (Å²) in [5, 5.41) is 0. The van der Waals surface area contributed by atoms with Gasteiger partial charge in [-0.15, -0.1) is 0 Å². The Balaban J connectivity index is 2.12. The zero-order chi connectivity index (χ0) is 5.11. The number of alkyl halides is 3. The maximum atomic E-state index is 2.52. The third-order valence-corrected chi connectivity index (χ3v) is 6.62. The zero-order valence-corrected chi connectivity index (χ0v) is 7.07. The first-order chi connectivity index (χ1) is 3.39. The topological polar surface area (TPSA) is 0 Å². The van der Waals surface area contributed by atoms with Gasteiger partial charge in [-0.3, -0.25) is 0 Å². The second kappa shape index (κ2) is 2.90. The first-order valence-electron chi connectivity index (χ1n) is 2.91. The van der Waals surface area contributed by atoms with Crippen LogP contribution in [0, 0.1) is 0 Å². The maximum absolute atomic E-state index is 2.52. The van der Waals surface area contributed by atoms with Crippen LogP contribution < -0.4 is 0 Å². The van der Waals surface area contributed by atoms with Gasteiger partial charge in [0, 0.05) is 0 Å². The van der Waals surface area contributed by atoms with Crippen molar-refractivity contribution in [1.82, 2.24) is 0 Å². The second-order valence-corrected chi connectivity index (χ2v) is 8.45. The summed E-state index contributed by atoms with van der Waals surface area (Å²) in [6.07, 6.45) is 4.64. The molecule has 0 saturated carbocycles. The van der Waals surface area contributed by atoms with Crippen molar-refractivity contribution in [3.63, 3.8) is 0 Å². The molecule has 44 valence electrons. The second-order valence-electron chi connectivity index (χ2n) is 2.16. The Morgan fingerprint density at radius 3 is 1.86 bits per heavy atom. The van der Waals surface area contributed by atoms with E-state index in [9.17, 15) is 0 Å². The number of hydrogen-bond acceptors (Lipinski definition) is 0. The summed E-state index contributed by atoms with van der Waals surface area (Å²) in [5.41, 5.74) is 0. The van der Waals surface area contributed by atoms with Crippen molar-refractivity contribution in [1.29, 1.82) is 0 Å². The van der Waals surface area contributed by atoms with Gasteiger partial charge in [0.15, 0.2) is 0 Å². The summed E-state index contributed by atoms with van der Waals surface area (Å²) >= 11 is -0.239. The van der Waals surface area contributed by atoms with Gasteiger partial charge in [-0.25, -0.2) is 0 Å². The summed E-state index contributed by atoms with van der Waals surface area (Å²) < 4.78 is 3.29. The first kappa shape index (κ1) is 5.86. The number of hydrogen-bond donors (Lipinski definition) is 0. The summed E-state index contributed by atoms with van der Waals surface area (Å²) in [6.45, 7) is 0. The minimum absolute atomic E-state index is 0.239. The fraction of sp³-hybridized carbons (Fsp3) is 1.00. The Bertz CT molecular complexity index is 46.1. The van der Waals surface area contributed by atoms with E-state index in [1.807, 2.05) is 0 Å². The van der Waals surface area contributed by atoms with Crippen molar-refractivity contribution in [2.24, 2.45) is 0 Å². The van der Waals surface area contributed by atoms with Crippen molar-refractivity contribution < 1.29 is 0 Å². The predicted octanol–water partition coefficient (Wildman–Crippen LogP) is 2.31. The van der Waals surface area contributed by atoms with E-state index in [4.69, 9.17) is 0 Å². The molecule has 1 aliphatic rings. The van der Waals surface area contributed by atoms with Crippen molar-refractivity contribution in [2.75, 3.05) is 13.8 Å². The quantitative estimate of drug-likeness (QED) is 0.427. The molecule has 1 aliphatic heterocycles. The van der Waals surface area contributed by atoms with Crippen molar-refractivity contribution in [3.05, 3.63) is 0 Å². The molecule has 0 spiro atoms. The van der Waals surface area contributed by atoms with Crippen LogP contribution in [-0.4, -0.2) is 13.8 Å². The summed E-state index contributed by atoms with van der Waals surface area (Å²) in [4.78, 5) is 2.52. The Morgan fingerprint density at radius 2 is 1.57 bits per heavy atom. The fourth-order valence-corrected chi connectivity index (χ4v) is 5.14. The number of rotatable bonds is 0. The minimum atomic E-state index is -0.239. The van der Waals surface area contributed by atoms with Gasteiger partial charge in [-0.1, -0.05) is 0 Å². The molecule has 1 rings (SSSR count). The van der Waals surface area contributed by atoms with Gasteiger partial charge in [-0.05, 0) is 0 Å². The first-order valence-corrected chi connectivity index (χ1v) is 8.12. The van der Waals surface area contributed by atoms with Crippen LogP contribution in [0.1, 0.15) is 19.3 Å². The molecule has 0 amide bonds. The van der Waals surface area contributed by atoms with Crippen LogP contribution in [0.3, 0.4) is 0 Å². The van der Waals surface area contributed by atoms with Crippen LogP contribution in [0.15, 0.2) is 0 Å². The fourth-order valence-electron chi connectivity index (χ4n) is 0.916. The van der Waals surface area contributed by atoms with Crippen LogP contribution >= 0.6 is 19.8 Å². The molecule has 0 aliphatic carbocycles.